The molecule has 0 heterocycles. The van der Waals surface area contributed by atoms with Crippen molar-refractivity contribution < 1.29 is 10.3 Å². The Hall–Kier alpha value is -0.810. The smallest absolute Gasteiger partial charge is 0.144 e. The van der Waals surface area contributed by atoms with Gasteiger partial charge in [-0.2, -0.15) is 0 Å². The van der Waals surface area contributed by atoms with Gasteiger partial charge in [-0.15, -0.1) is 0 Å². The van der Waals surface area contributed by atoms with Crippen LogP contribution in [0, 0.1) is 11.3 Å². The topological polar surface area (TPSA) is 90.9 Å². The maximum atomic E-state index is 9.13. The van der Waals surface area contributed by atoms with E-state index in [1.54, 1.807) is 0 Å². The van der Waals surface area contributed by atoms with Crippen molar-refractivity contribution in [3.63, 3.8) is 0 Å². The molecule has 0 aliphatic heterocycles. The molecular formula is C11H25N3O2. The number of nitrogens with zero attached hydrogens (tertiary/aromatic N) is 1. The minimum Gasteiger partial charge on any atom is -0.409 e. The Morgan fingerprint density at radius 3 is 2.38 bits per heavy atom. The fourth-order valence-corrected chi connectivity index (χ4v) is 1.34. The van der Waals surface area contributed by atoms with E-state index in [1.807, 2.05) is 13.8 Å². The lowest BCUT2D eigenvalue weighted by Gasteiger charge is -2.25. The Labute approximate surface area is 97.7 Å². The van der Waals surface area contributed by atoms with Gasteiger partial charge in [-0.1, -0.05) is 32.9 Å². The van der Waals surface area contributed by atoms with E-state index in [4.69, 9.17) is 16.0 Å². The van der Waals surface area contributed by atoms with Gasteiger partial charge in [0.05, 0.1) is 6.61 Å². The molecular weight excluding hydrogens is 206 g/mol. The first-order valence-electron chi connectivity index (χ1n) is 5.67. The van der Waals surface area contributed by atoms with Gasteiger partial charge >= 0.3 is 0 Å². The molecule has 0 spiro atoms. The first-order chi connectivity index (χ1) is 7.35. The third kappa shape index (κ3) is 4.81. The van der Waals surface area contributed by atoms with Gasteiger partial charge in [-0.25, -0.2) is 0 Å². The molecule has 0 aromatic rings. The van der Waals surface area contributed by atoms with E-state index in [1.165, 1.54) is 0 Å². The summed E-state index contributed by atoms with van der Waals surface area (Å²) >= 11 is 0. The molecule has 5 N–H and O–H groups in total. The predicted molar refractivity (Wildman–Crippen MR) is 65.5 cm³/mol. The fourth-order valence-electron chi connectivity index (χ4n) is 1.34. The van der Waals surface area contributed by atoms with Crippen LogP contribution in [0.5, 0.6) is 0 Å². The van der Waals surface area contributed by atoms with Crippen molar-refractivity contribution in [2.24, 2.45) is 22.2 Å². The fraction of sp³-hybridized carbons (Fsp3) is 0.909. The lowest BCUT2D eigenvalue weighted by atomic mass is 9.88. The average molecular weight is 231 g/mol. The van der Waals surface area contributed by atoms with E-state index < -0.39 is 0 Å². The number of nitrogens with one attached hydrogen (secondary N) is 1. The van der Waals surface area contributed by atoms with Crippen molar-refractivity contribution in [3.8, 4) is 0 Å². The molecule has 0 bridgehead atoms. The van der Waals surface area contributed by atoms with E-state index in [0.29, 0.717) is 5.92 Å². The second kappa shape index (κ2) is 6.70. The number of oxime groups is 1. The number of aliphatic hydroxyl groups is 1. The van der Waals surface area contributed by atoms with Gasteiger partial charge in [-0.05, 0) is 18.9 Å². The minimum atomic E-state index is -0.335. The Morgan fingerprint density at radius 2 is 2.00 bits per heavy atom. The summed E-state index contributed by atoms with van der Waals surface area (Å²) in [6.07, 6.45) is 0.756. The second-order valence-electron chi connectivity index (χ2n) is 5.11. The Balaban J connectivity index is 4.06. The summed E-state index contributed by atoms with van der Waals surface area (Å²) in [6.45, 7) is 8.82. The normalized spacial score (nSPS) is 15.5. The van der Waals surface area contributed by atoms with Crippen LogP contribution in [0.2, 0.25) is 0 Å². The predicted octanol–water partition coefficient (Wildman–Crippen LogP) is 0.756. The highest BCUT2D eigenvalue weighted by Gasteiger charge is 2.23. The second-order valence-corrected chi connectivity index (χ2v) is 5.11. The van der Waals surface area contributed by atoms with Crippen LogP contribution in [0.15, 0.2) is 5.16 Å². The van der Waals surface area contributed by atoms with Crippen LogP contribution in [-0.2, 0) is 0 Å². The Kier molecular flexibility index (Phi) is 6.36. The van der Waals surface area contributed by atoms with Crippen molar-refractivity contribution in [2.75, 3.05) is 13.2 Å². The molecule has 1 atom stereocenters. The lowest BCUT2D eigenvalue weighted by Crippen LogP contribution is -2.41. The molecule has 0 fully saturated rings. The van der Waals surface area contributed by atoms with E-state index in [9.17, 15) is 0 Å². The lowest BCUT2D eigenvalue weighted by molar-refractivity contribution is 0.207. The Bertz CT molecular complexity index is 227. The molecule has 0 aromatic carbocycles. The molecule has 0 amide bonds. The number of aliphatic hydroxyl groups excluding tert-OH is 1. The van der Waals surface area contributed by atoms with E-state index in [2.05, 4.69) is 24.3 Å². The molecule has 0 aliphatic rings. The molecule has 0 radical (unpaired) electrons. The third-order valence-corrected chi connectivity index (χ3v) is 2.96. The summed E-state index contributed by atoms with van der Waals surface area (Å²) < 4.78 is 0. The molecule has 16 heavy (non-hydrogen) atoms. The first kappa shape index (κ1) is 15.2. The van der Waals surface area contributed by atoms with Crippen LogP contribution in [0.3, 0.4) is 0 Å². The molecule has 5 nitrogen and oxygen atoms in total. The van der Waals surface area contributed by atoms with Gasteiger partial charge in [0, 0.05) is 11.5 Å². The van der Waals surface area contributed by atoms with Gasteiger partial charge < -0.3 is 21.4 Å². The summed E-state index contributed by atoms with van der Waals surface area (Å²) in [4.78, 5) is 0. The monoisotopic (exact) mass is 231 g/mol. The summed E-state index contributed by atoms with van der Waals surface area (Å²) in [7, 11) is 0. The SMILES string of the molecule is CC(C)[C@@H](CO)NCCC(C)(C)C(N)=NO. The van der Waals surface area contributed by atoms with Gasteiger partial charge in [0.2, 0.25) is 0 Å². The van der Waals surface area contributed by atoms with Crippen molar-refractivity contribution >= 4 is 5.84 Å². The van der Waals surface area contributed by atoms with Crippen LogP contribution in [0.1, 0.15) is 34.1 Å². The summed E-state index contributed by atoms with van der Waals surface area (Å²) in [6, 6.07) is 0.100. The van der Waals surface area contributed by atoms with Crippen LogP contribution in [0.25, 0.3) is 0 Å². The van der Waals surface area contributed by atoms with Gasteiger partial charge in [0.1, 0.15) is 5.84 Å². The molecule has 0 saturated heterocycles. The standard InChI is InChI=1S/C11H25N3O2/c1-8(2)9(7-15)13-6-5-11(3,4)10(12)14-16/h8-9,13,15-16H,5-7H2,1-4H3,(H2,12,14)/t9-/m1/s1. The maximum Gasteiger partial charge on any atom is 0.144 e. The summed E-state index contributed by atoms with van der Waals surface area (Å²) in [5.41, 5.74) is 5.25. The average Bonchev–Trinajstić information content (AvgIpc) is 2.22. The zero-order chi connectivity index (χ0) is 12.8. The number of hydrogen-bond donors (Lipinski definition) is 4. The number of rotatable bonds is 7. The molecule has 0 unspecified atom stereocenters. The van der Waals surface area contributed by atoms with Crippen LogP contribution >= 0.6 is 0 Å². The van der Waals surface area contributed by atoms with Crippen molar-refractivity contribution in [1.82, 2.24) is 5.32 Å². The quantitative estimate of drug-likeness (QED) is 0.225. The highest BCUT2D eigenvalue weighted by Crippen LogP contribution is 2.19. The van der Waals surface area contributed by atoms with Crippen LogP contribution in [0.4, 0.5) is 0 Å². The van der Waals surface area contributed by atoms with Crippen LogP contribution < -0.4 is 11.1 Å². The van der Waals surface area contributed by atoms with Crippen LogP contribution in [-0.4, -0.2) is 35.3 Å². The zero-order valence-corrected chi connectivity index (χ0v) is 10.7. The maximum absolute atomic E-state index is 9.13. The number of amidine groups is 1. The Morgan fingerprint density at radius 1 is 1.44 bits per heavy atom. The van der Waals surface area contributed by atoms with Crippen molar-refractivity contribution in [2.45, 2.75) is 40.2 Å². The zero-order valence-electron chi connectivity index (χ0n) is 10.7. The first-order valence-corrected chi connectivity index (χ1v) is 5.67. The highest BCUT2D eigenvalue weighted by molar-refractivity contribution is 5.85. The minimum absolute atomic E-state index is 0.100. The van der Waals surface area contributed by atoms with Gasteiger partial charge in [-0.3, -0.25) is 0 Å². The molecule has 0 aromatic heterocycles. The third-order valence-electron chi connectivity index (χ3n) is 2.96. The van der Waals surface area contributed by atoms with E-state index >= 15 is 0 Å². The molecule has 0 aliphatic carbocycles. The van der Waals surface area contributed by atoms with Crippen molar-refractivity contribution in [1.29, 1.82) is 0 Å². The van der Waals surface area contributed by atoms with E-state index in [-0.39, 0.29) is 23.9 Å². The molecule has 0 rings (SSSR count). The number of nitrogens with two attached hydrogens (primary N) is 1. The largest absolute Gasteiger partial charge is 0.409 e. The highest BCUT2D eigenvalue weighted by atomic mass is 16.4. The molecule has 5 heteroatoms. The molecule has 96 valence electrons. The summed E-state index contributed by atoms with van der Waals surface area (Å²) in [5.74, 6) is 0.622. The van der Waals surface area contributed by atoms with E-state index in [0.717, 1.165) is 13.0 Å². The molecule has 0 saturated carbocycles. The van der Waals surface area contributed by atoms with Gasteiger partial charge in [0.15, 0.2) is 0 Å². The number of hydrogen-bond acceptors (Lipinski definition) is 4. The van der Waals surface area contributed by atoms with Crippen molar-refractivity contribution in [3.05, 3.63) is 0 Å². The summed E-state index contributed by atoms with van der Waals surface area (Å²) in [5, 5.41) is 24.0. The van der Waals surface area contributed by atoms with Gasteiger partial charge in [0.25, 0.3) is 0 Å².